The van der Waals surface area contributed by atoms with Crippen LogP contribution in [0.5, 0.6) is 0 Å². The van der Waals surface area contributed by atoms with E-state index in [0.717, 1.165) is 19.3 Å². The van der Waals surface area contributed by atoms with Crippen LogP contribution in [0, 0.1) is 11.3 Å². The van der Waals surface area contributed by atoms with Gasteiger partial charge >= 0.3 is 18.2 Å². The molecule has 2 N–H and O–H groups in total. The second kappa shape index (κ2) is 9.88. The van der Waals surface area contributed by atoms with Gasteiger partial charge in [-0.05, 0) is 32.1 Å². The Morgan fingerprint density at radius 2 is 1.76 bits per heavy atom. The van der Waals surface area contributed by atoms with Crippen molar-refractivity contribution in [3.05, 3.63) is 11.7 Å². The fourth-order valence-corrected chi connectivity index (χ4v) is 5.22. The van der Waals surface area contributed by atoms with Gasteiger partial charge in [-0.15, -0.1) is 0 Å². The SMILES string of the molecule is CC[C@@](OC(N)=O)(C(=O)c1noc(C(F)(F)F)n1)C(C)(C(=O)N1CCOCC1)C1CCCCC1. The van der Waals surface area contributed by atoms with Crippen LogP contribution in [0.3, 0.4) is 0 Å². The fraction of sp³-hybridized carbons (Fsp3) is 0.762. The van der Waals surface area contributed by atoms with Crippen LogP contribution >= 0.6 is 0 Å². The zero-order valence-electron chi connectivity index (χ0n) is 19.2. The van der Waals surface area contributed by atoms with Gasteiger partial charge in [-0.2, -0.15) is 18.2 Å². The second-order valence-corrected chi connectivity index (χ2v) is 8.79. The third-order valence-corrected chi connectivity index (χ3v) is 7.01. The lowest BCUT2D eigenvalue weighted by Gasteiger charge is -2.51. The minimum absolute atomic E-state index is 0.242. The normalized spacial score (nSPS) is 21.4. The molecular formula is C21H29F3N4O6. The highest BCUT2D eigenvalue weighted by atomic mass is 19.4. The molecule has 1 aliphatic carbocycles. The van der Waals surface area contributed by atoms with Crippen LogP contribution in [0.25, 0.3) is 0 Å². The maximum Gasteiger partial charge on any atom is 0.471 e. The van der Waals surface area contributed by atoms with E-state index in [1.807, 2.05) is 0 Å². The number of amides is 2. The van der Waals surface area contributed by atoms with Gasteiger partial charge in [0.05, 0.1) is 18.6 Å². The number of nitrogens with zero attached hydrogens (tertiary/aromatic N) is 3. The molecule has 34 heavy (non-hydrogen) atoms. The molecule has 10 nitrogen and oxygen atoms in total. The molecule has 2 aliphatic rings. The van der Waals surface area contributed by atoms with Gasteiger partial charge in [0.2, 0.25) is 17.5 Å². The summed E-state index contributed by atoms with van der Waals surface area (Å²) in [5.74, 6) is -4.69. The summed E-state index contributed by atoms with van der Waals surface area (Å²) < 4.78 is 54.2. The summed E-state index contributed by atoms with van der Waals surface area (Å²) in [4.78, 5) is 44.6. The molecule has 2 fully saturated rings. The van der Waals surface area contributed by atoms with Gasteiger partial charge in [0.15, 0.2) is 5.60 Å². The van der Waals surface area contributed by atoms with Gasteiger partial charge in [0, 0.05) is 13.1 Å². The number of alkyl halides is 3. The number of aromatic nitrogens is 2. The number of hydrogen-bond donors (Lipinski definition) is 1. The molecule has 1 aliphatic heterocycles. The van der Waals surface area contributed by atoms with Crippen molar-refractivity contribution in [2.75, 3.05) is 26.3 Å². The molecule has 2 atom stereocenters. The van der Waals surface area contributed by atoms with Crippen molar-refractivity contribution in [3.8, 4) is 0 Å². The monoisotopic (exact) mass is 490 g/mol. The summed E-state index contributed by atoms with van der Waals surface area (Å²) in [7, 11) is 0. The van der Waals surface area contributed by atoms with Crippen molar-refractivity contribution in [1.29, 1.82) is 0 Å². The molecule has 2 heterocycles. The number of ether oxygens (including phenoxy) is 2. The van der Waals surface area contributed by atoms with E-state index in [-0.39, 0.29) is 32.7 Å². The van der Waals surface area contributed by atoms with E-state index in [1.54, 1.807) is 0 Å². The summed E-state index contributed by atoms with van der Waals surface area (Å²) in [5, 5.41) is 3.20. The molecule has 0 radical (unpaired) electrons. The Labute approximate surface area is 194 Å². The summed E-state index contributed by atoms with van der Waals surface area (Å²) >= 11 is 0. The number of hydrogen-bond acceptors (Lipinski definition) is 8. The zero-order chi connectivity index (χ0) is 25.1. The molecule has 3 rings (SSSR count). The molecule has 1 saturated carbocycles. The summed E-state index contributed by atoms with van der Waals surface area (Å²) in [6, 6.07) is 0. The fourth-order valence-electron chi connectivity index (χ4n) is 5.22. The first kappa shape index (κ1) is 25.9. The molecule has 1 unspecified atom stereocenters. The quantitative estimate of drug-likeness (QED) is 0.576. The standard InChI is InChI=1S/C21H29F3N4O6/c1-3-20(33-18(25)31,14(29)15-26-16(34-27-15)21(22,23)24)19(2,13-7-5-4-6-8-13)17(30)28-9-11-32-12-10-28/h13H,3-12H2,1-2H3,(H2,25,31)/t19?,20-/m1/s1. The Balaban J connectivity index is 2.17. The molecule has 0 aromatic carbocycles. The largest absolute Gasteiger partial charge is 0.471 e. The lowest BCUT2D eigenvalue weighted by atomic mass is 9.57. The second-order valence-electron chi connectivity index (χ2n) is 8.79. The number of halogens is 3. The van der Waals surface area contributed by atoms with E-state index in [2.05, 4.69) is 14.7 Å². The van der Waals surface area contributed by atoms with Crippen LogP contribution in [0.4, 0.5) is 18.0 Å². The minimum atomic E-state index is -4.98. The smallest absolute Gasteiger partial charge is 0.433 e. The number of carbonyl (C=O) groups excluding carboxylic acids is 3. The lowest BCUT2D eigenvalue weighted by Crippen LogP contribution is -2.66. The number of Topliss-reactive ketones (excluding diaryl/α,β-unsaturated/α-hetero) is 1. The van der Waals surface area contributed by atoms with Crippen LogP contribution in [-0.4, -0.2) is 64.7 Å². The average Bonchev–Trinajstić information content (AvgIpc) is 3.33. The predicted octanol–water partition coefficient (Wildman–Crippen LogP) is 2.96. The minimum Gasteiger partial charge on any atom is -0.433 e. The van der Waals surface area contributed by atoms with Crippen LogP contribution in [0.15, 0.2) is 4.52 Å². The average molecular weight is 490 g/mol. The van der Waals surface area contributed by atoms with E-state index < -0.39 is 52.6 Å². The van der Waals surface area contributed by atoms with E-state index in [0.29, 0.717) is 12.8 Å². The van der Waals surface area contributed by atoms with Crippen LogP contribution in [0.2, 0.25) is 0 Å². The maximum atomic E-state index is 14.0. The number of nitrogens with two attached hydrogens (primary N) is 1. The van der Waals surface area contributed by atoms with Gasteiger partial charge in [0.25, 0.3) is 0 Å². The summed E-state index contributed by atoms with van der Waals surface area (Å²) in [6.45, 7) is 4.11. The van der Waals surface area contributed by atoms with E-state index in [1.165, 1.54) is 18.7 Å². The highest BCUT2D eigenvalue weighted by molar-refractivity contribution is 6.05. The number of primary amides is 1. The molecule has 0 spiro atoms. The molecule has 2 amide bonds. The highest BCUT2D eigenvalue weighted by Gasteiger charge is 2.65. The van der Waals surface area contributed by atoms with Crippen LogP contribution in [0.1, 0.15) is 68.9 Å². The Morgan fingerprint density at radius 3 is 2.26 bits per heavy atom. The maximum absolute atomic E-state index is 14.0. The van der Waals surface area contributed by atoms with Crippen molar-refractivity contribution in [1.82, 2.24) is 15.0 Å². The highest BCUT2D eigenvalue weighted by Crippen LogP contribution is 2.51. The van der Waals surface area contributed by atoms with Gasteiger partial charge in [-0.3, -0.25) is 9.59 Å². The number of rotatable bonds is 7. The zero-order valence-corrected chi connectivity index (χ0v) is 19.2. The lowest BCUT2D eigenvalue weighted by molar-refractivity contribution is -0.168. The molecule has 1 saturated heterocycles. The van der Waals surface area contributed by atoms with Crippen LogP contribution in [-0.2, 0) is 20.4 Å². The first-order chi connectivity index (χ1) is 16.0. The number of carbonyl (C=O) groups is 3. The molecule has 13 heteroatoms. The molecule has 190 valence electrons. The summed E-state index contributed by atoms with van der Waals surface area (Å²) in [5.41, 5.74) is 1.45. The van der Waals surface area contributed by atoms with Crippen molar-refractivity contribution in [2.45, 2.75) is 64.1 Å². The van der Waals surface area contributed by atoms with Crippen molar-refractivity contribution in [3.63, 3.8) is 0 Å². The first-order valence-corrected chi connectivity index (χ1v) is 11.3. The third-order valence-electron chi connectivity index (χ3n) is 7.01. The number of ketones is 1. The molecular weight excluding hydrogens is 461 g/mol. The van der Waals surface area contributed by atoms with Gasteiger partial charge in [-0.25, -0.2) is 4.79 Å². The van der Waals surface area contributed by atoms with E-state index in [4.69, 9.17) is 15.2 Å². The van der Waals surface area contributed by atoms with Crippen molar-refractivity contribution in [2.24, 2.45) is 17.1 Å². The van der Waals surface area contributed by atoms with Gasteiger partial charge < -0.3 is 24.6 Å². The van der Waals surface area contributed by atoms with Gasteiger partial charge in [-0.1, -0.05) is 31.3 Å². The Kier molecular flexibility index (Phi) is 7.53. The molecule has 1 aromatic heterocycles. The Morgan fingerprint density at radius 1 is 1.15 bits per heavy atom. The predicted molar refractivity (Wildman–Crippen MR) is 109 cm³/mol. The van der Waals surface area contributed by atoms with Crippen molar-refractivity contribution >= 4 is 17.8 Å². The third kappa shape index (κ3) is 4.62. The van der Waals surface area contributed by atoms with Crippen molar-refractivity contribution < 1.29 is 41.6 Å². The van der Waals surface area contributed by atoms with Gasteiger partial charge in [0.1, 0.15) is 0 Å². The van der Waals surface area contributed by atoms with Crippen LogP contribution < -0.4 is 5.73 Å². The Hall–Kier alpha value is -2.70. The number of morpholine rings is 1. The topological polar surface area (TPSA) is 138 Å². The van der Waals surface area contributed by atoms with E-state index >= 15 is 0 Å². The molecule has 0 bridgehead atoms. The molecule has 1 aromatic rings. The first-order valence-electron chi connectivity index (χ1n) is 11.3. The summed E-state index contributed by atoms with van der Waals surface area (Å²) in [6.07, 6.45) is -2.96. The van der Waals surface area contributed by atoms with E-state index in [9.17, 15) is 27.6 Å². The Bertz CT molecular complexity index is 911.